The zero-order valence-electron chi connectivity index (χ0n) is 18.0. The van der Waals surface area contributed by atoms with Gasteiger partial charge in [0.2, 0.25) is 5.91 Å². The summed E-state index contributed by atoms with van der Waals surface area (Å²) in [6.07, 6.45) is 2.18. The largest absolute Gasteiger partial charge is 0.385 e. The zero-order chi connectivity index (χ0) is 22.2. The van der Waals surface area contributed by atoms with Gasteiger partial charge in [-0.05, 0) is 43.9 Å². The van der Waals surface area contributed by atoms with Crippen LogP contribution in [0.4, 0.5) is 0 Å². The molecule has 1 N–H and O–H groups in total. The first-order valence-corrected chi connectivity index (χ1v) is 10.6. The van der Waals surface area contributed by atoms with Crippen molar-refractivity contribution in [2.75, 3.05) is 13.7 Å². The minimum absolute atomic E-state index is 0.0396. The van der Waals surface area contributed by atoms with Crippen LogP contribution in [0.3, 0.4) is 0 Å². The number of nitrogens with zero attached hydrogens (tertiary/aromatic N) is 2. The Hall–Kier alpha value is -3.19. The summed E-state index contributed by atoms with van der Waals surface area (Å²) < 4.78 is 7.60. The molecule has 0 aliphatic heterocycles. The van der Waals surface area contributed by atoms with Crippen LogP contribution in [0.2, 0.25) is 0 Å². The maximum Gasteiger partial charge on any atom is 0.331 e. The summed E-state index contributed by atoms with van der Waals surface area (Å²) in [5.74, 6) is -0.255. The fourth-order valence-electron chi connectivity index (χ4n) is 3.65. The second kappa shape index (κ2) is 10.7. The number of hydrogen-bond acceptors (Lipinski definition) is 4. The van der Waals surface area contributed by atoms with Gasteiger partial charge in [-0.25, -0.2) is 4.79 Å². The quantitative estimate of drug-likeness (QED) is 0.508. The van der Waals surface area contributed by atoms with Crippen molar-refractivity contribution < 1.29 is 9.53 Å². The number of carbonyl (C=O) groups is 1. The lowest BCUT2D eigenvalue weighted by molar-refractivity contribution is -0.122. The molecule has 1 amide bonds. The molecule has 1 atom stereocenters. The molecule has 0 aliphatic rings. The second-order valence-electron chi connectivity index (χ2n) is 7.68. The molecule has 1 aromatic heterocycles. The Morgan fingerprint density at radius 3 is 2.48 bits per heavy atom. The number of ether oxygens (including phenoxy) is 1. The number of amides is 1. The number of aryl methyl sites for hydroxylation is 1. The molecular weight excluding hydrogens is 394 g/mol. The number of carbonyl (C=O) groups excluding carboxylic acids is 1. The van der Waals surface area contributed by atoms with E-state index in [1.54, 1.807) is 31.4 Å². The van der Waals surface area contributed by atoms with Crippen molar-refractivity contribution in [1.82, 2.24) is 14.5 Å². The Labute approximate surface area is 181 Å². The van der Waals surface area contributed by atoms with Crippen molar-refractivity contribution in [3.8, 4) is 0 Å². The monoisotopic (exact) mass is 423 g/mol. The normalized spacial score (nSPS) is 12.1. The van der Waals surface area contributed by atoms with Gasteiger partial charge in [0.25, 0.3) is 5.56 Å². The Bertz CT molecular complexity index is 1140. The highest BCUT2D eigenvalue weighted by Gasteiger charge is 2.16. The molecule has 0 saturated carbocycles. The average Bonchev–Trinajstić information content (AvgIpc) is 2.78. The van der Waals surface area contributed by atoms with Crippen molar-refractivity contribution in [2.45, 2.75) is 45.3 Å². The van der Waals surface area contributed by atoms with E-state index in [1.807, 2.05) is 25.1 Å². The predicted molar refractivity (Wildman–Crippen MR) is 121 cm³/mol. The van der Waals surface area contributed by atoms with Gasteiger partial charge in [-0.3, -0.25) is 18.7 Å². The van der Waals surface area contributed by atoms with E-state index in [0.29, 0.717) is 23.9 Å². The molecule has 31 heavy (non-hydrogen) atoms. The summed E-state index contributed by atoms with van der Waals surface area (Å²) in [7, 11) is 1.57. The molecule has 7 heteroatoms. The standard InChI is InChI=1S/C24H29N3O4/c1-18(13-14-19-9-4-3-5-10-19)25-22(28)17-27-21-12-7-6-11-20(21)23(29)26(24(27)30)15-8-16-31-2/h3-7,9-12,18H,8,13-17H2,1-2H3,(H,25,28)/t18-/m1/s1. The SMILES string of the molecule is COCCCn1c(=O)c2ccccc2n(CC(=O)N[C@H](C)CCc2ccccc2)c1=O. The van der Waals surface area contributed by atoms with Crippen LogP contribution in [0.25, 0.3) is 10.9 Å². The number of hydrogen-bond donors (Lipinski definition) is 1. The summed E-state index contributed by atoms with van der Waals surface area (Å²) in [5.41, 5.74) is 0.859. The van der Waals surface area contributed by atoms with Crippen LogP contribution < -0.4 is 16.6 Å². The molecule has 2 aromatic carbocycles. The molecule has 1 heterocycles. The van der Waals surface area contributed by atoms with Crippen molar-refractivity contribution in [3.05, 3.63) is 81.0 Å². The van der Waals surface area contributed by atoms with Crippen molar-refractivity contribution in [2.24, 2.45) is 0 Å². The van der Waals surface area contributed by atoms with E-state index in [1.165, 1.54) is 14.7 Å². The molecule has 0 radical (unpaired) electrons. The Balaban J connectivity index is 1.77. The van der Waals surface area contributed by atoms with Gasteiger partial charge in [0, 0.05) is 26.3 Å². The molecule has 0 unspecified atom stereocenters. The Kier molecular flexibility index (Phi) is 7.78. The van der Waals surface area contributed by atoms with E-state index < -0.39 is 5.69 Å². The molecule has 0 bridgehead atoms. The third kappa shape index (κ3) is 5.70. The minimum atomic E-state index is -0.480. The number of fused-ring (bicyclic) bond motifs is 1. The third-order valence-electron chi connectivity index (χ3n) is 5.28. The maximum absolute atomic E-state index is 13.0. The van der Waals surface area contributed by atoms with E-state index in [0.717, 1.165) is 12.8 Å². The van der Waals surface area contributed by atoms with E-state index >= 15 is 0 Å². The molecule has 0 aliphatic carbocycles. The number of rotatable bonds is 10. The van der Waals surface area contributed by atoms with Gasteiger partial charge in [0.05, 0.1) is 10.9 Å². The number of benzene rings is 2. The number of para-hydroxylation sites is 1. The van der Waals surface area contributed by atoms with Gasteiger partial charge in [-0.2, -0.15) is 0 Å². The van der Waals surface area contributed by atoms with Crippen molar-refractivity contribution in [3.63, 3.8) is 0 Å². The first-order valence-electron chi connectivity index (χ1n) is 10.6. The van der Waals surface area contributed by atoms with E-state index in [-0.39, 0.29) is 30.6 Å². The zero-order valence-corrected chi connectivity index (χ0v) is 18.0. The smallest absolute Gasteiger partial charge is 0.331 e. The lowest BCUT2D eigenvalue weighted by Crippen LogP contribution is -2.44. The van der Waals surface area contributed by atoms with Gasteiger partial charge < -0.3 is 10.1 Å². The Morgan fingerprint density at radius 2 is 1.74 bits per heavy atom. The molecule has 7 nitrogen and oxygen atoms in total. The molecule has 0 spiro atoms. The van der Waals surface area contributed by atoms with Crippen LogP contribution in [-0.2, 0) is 29.0 Å². The summed E-state index contributed by atoms with van der Waals surface area (Å²) in [6.45, 7) is 2.50. The second-order valence-corrected chi connectivity index (χ2v) is 7.68. The van der Waals surface area contributed by atoms with Crippen LogP contribution in [0.5, 0.6) is 0 Å². The van der Waals surface area contributed by atoms with Gasteiger partial charge in [-0.1, -0.05) is 42.5 Å². The molecule has 0 saturated heterocycles. The summed E-state index contributed by atoms with van der Waals surface area (Å²) in [6, 6.07) is 16.9. The van der Waals surface area contributed by atoms with Crippen LogP contribution in [0.1, 0.15) is 25.3 Å². The number of aromatic nitrogens is 2. The van der Waals surface area contributed by atoms with E-state index in [2.05, 4.69) is 17.4 Å². The summed E-state index contributed by atoms with van der Waals surface area (Å²) in [5, 5.41) is 3.39. The first kappa shape index (κ1) is 22.5. The highest BCUT2D eigenvalue weighted by molar-refractivity contribution is 5.81. The maximum atomic E-state index is 13.0. The lowest BCUT2D eigenvalue weighted by Gasteiger charge is -2.17. The fourth-order valence-corrected chi connectivity index (χ4v) is 3.65. The molecule has 164 valence electrons. The number of methoxy groups -OCH3 is 1. The topological polar surface area (TPSA) is 82.3 Å². The van der Waals surface area contributed by atoms with E-state index in [9.17, 15) is 14.4 Å². The van der Waals surface area contributed by atoms with Crippen LogP contribution in [0.15, 0.2) is 64.2 Å². The molecular formula is C24H29N3O4. The van der Waals surface area contributed by atoms with E-state index in [4.69, 9.17) is 4.74 Å². The number of nitrogens with one attached hydrogen (secondary N) is 1. The molecule has 0 fully saturated rings. The van der Waals surface area contributed by atoms with Crippen LogP contribution >= 0.6 is 0 Å². The summed E-state index contributed by atoms with van der Waals surface area (Å²) >= 11 is 0. The highest BCUT2D eigenvalue weighted by Crippen LogP contribution is 2.08. The van der Waals surface area contributed by atoms with Gasteiger partial charge in [-0.15, -0.1) is 0 Å². The summed E-state index contributed by atoms with van der Waals surface area (Å²) in [4.78, 5) is 38.5. The predicted octanol–water partition coefficient (Wildman–Crippen LogP) is 2.34. The minimum Gasteiger partial charge on any atom is -0.385 e. The van der Waals surface area contributed by atoms with Crippen molar-refractivity contribution >= 4 is 16.8 Å². The lowest BCUT2D eigenvalue weighted by atomic mass is 10.1. The molecule has 3 rings (SSSR count). The average molecular weight is 424 g/mol. The van der Waals surface area contributed by atoms with Gasteiger partial charge in [0.1, 0.15) is 6.54 Å². The van der Waals surface area contributed by atoms with Gasteiger partial charge >= 0.3 is 5.69 Å². The highest BCUT2D eigenvalue weighted by atomic mass is 16.5. The van der Waals surface area contributed by atoms with Gasteiger partial charge in [0.15, 0.2) is 0 Å². The fraction of sp³-hybridized carbons (Fsp3) is 0.375. The van der Waals surface area contributed by atoms with Crippen LogP contribution in [-0.4, -0.2) is 34.8 Å². The van der Waals surface area contributed by atoms with Crippen molar-refractivity contribution in [1.29, 1.82) is 0 Å². The van der Waals surface area contributed by atoms with Crippen LogP contribution in [0, 0.1) is 0 Å². The third-order valence-corrected chi connectivity index (χ3v) is 5.28. The Morgan fingerprint density at radius 1 is 1.03 bits per heavy atom. The molecule has 3 aromatic rings. The first-order chi connectivity index (χ1) is 15.0.